The number of hydrogen-bond acceptors (Lipinski definition) is 3. The summed E-state index contributed by atoms with van der Waals surface area (Å²) in [6.07, 6.45) is 1.30. The molecule has 6 rings (SSSR count). The average molecular weight is 426 g/mol. The van der Waals surface area contributed by atoms with Gasteiger partial charge in [0, 0.05) is 22.7 Å². The molecule has 3 aromatic carbocycles. The highest BCUT2D eigenvalue weighted by Crippen LogP contribution is 2.46. The first-order chi connectivity index (χ1) is 15.2. The van der Waals surface area contributed by atoms with Crippen LogP contribution in [0.15, 0.2) is 90.1 Å². The van der Waals surface area contributed by atoms with E-state index in [0.29, 0.717) is 11.4 Å². The highest BCUT2D eigenvalue weighted by atomic mass is 35.5. The van der Waals surface area contributed by atoms with Crippen LogP contribution in [0.3, 0.4) is 0 Å². The summed E-state index contributed by atoms with van der Waals surface area (Å²) in [6.45, 7) is 0. The molecule has 4 aromatic rings. The Morgan fingerprint density at radius 3 is 2.42 bits per heavy atom. The molecule has 2 heterocycles. The van der Waals surface area contributed by atoms with E-state index in [4.69, 9.17) is 16.6 Å². The fraction of sp³-hybridized carbons (Fsp3) is 0.154. The third-order valence-corrected chi connectivity index (χ3v) is 6.61. The molecule has 0 spiro atoms. The molecule has 1 aliphatic carbocycles. The summed E-state index contributed by atoms with van der Waals surface area (Å²) in [4.78, 5) is 18.4. The number of para-hydroxylation sites is 2. The summed E-state index contributed by atoms with van der Waals surface area (Å²) in [5.74, 6) is 1.13. The Hall–Kier alpha value is -3.37. The van der Waals surface area contributed by atoms with Crippen molar-refractivity contribution >= 4 is 34.4 Å². The van der Waals surface area contributed by atoms with Crippen molar-refractivity contribution in [2.45, 2.75) is 24.8 Å². The van der Waals surface area contributed by atoms with Gasteiger partial charge in [-0.2, -0.15) is 0 Å². The lowest BCUT2D eigenvalue weighted by Crippen LogP contribution is -2.33. The van der Waals surface area contributed by atoms with Crippen molar-refractivity contribution in [1.82, 2.24) is 9.55 Å². The van der Waals surface area contributed by atoms with Crippen molar-refractivity contribution in [3.8, 4) is 0 Å². The number of ketones is 1. The maximum atomic E-state index is 13.6. The van der Waals surface area contributed by atoms with Crippen LogP contribution < -0.4 is 5.32 Å². The molecule has 2 atom stereocenters. The minimum Gasteiger partial charge on any atom is -0.329 e. The standard InChI is InChI=1S/C26H20ClN3O/c27-19-12-10-17(11-13-19)25-24-21(14-18(15-23(24)31)16-6-2-1-3-7-16)29-26-28-20-8-4-5-9-22(20)30(25)26/h1-13,18,25H,14-15H2,(H,28,29)/t18-,25+/m1/s1. The van der Waals surface area contributed by atoms with E-state index in [1.54, 1.807) is 0 Å². The van der Waals surface area contributed by atoms with E-state index in [2.05, 4.69) is 28.1 Å². The third-order valence-electron chi connectivity index (χ3n) is 6.35. The molecular formula is C26H20ClN3O. The summed E-state index contributed by atoms with van der Waals surface area (Å²) in [5, 5.41) is 4.20. The fourth-order valence-electron chi connectivity index (χ4n) is 4.95. The lowest BCUT2D eigenvalue weighted by molar-refractivity contribution is -0.116. The number of carbonyl (C=O) groups excluding carboxylic acids is 1. The number of nitrogens with one attached hydrogen (secondary N) is 1. The molecule has 1 N–H and O–H groups in total. The number of imidazole rings is 1. The zero-order chi connectivity index (χ0) is 20.9. The summed E-state index contributed by atoms with van der Waals surface area (Å²) >= 11 is 6.17. The molecule has 5 heteroatoms. The predicted octanol–water partition coefficient (Wildman–Crippen LogP) is 6.11. The Morgan fingerprint density at radius 1 is 0.871 bits per heavy atom. The molecule has 4 nitrogen and oxygen atoms in total. The van der Waals surface area contributed by atoms with E-state index in [0.717, 1.165) is 40.2 Å². The van der Waals surface area contributed by atoms with E-state index in [1.807, 2.05) is 60.7 Å². The molecule has 0 fully saturated rings. The van der Waals surface area contributed by atoms with Crippen LogP contribution in [0.4, 0.5) is 5.95 Å². The van der Waals surface area contributed by atoms with Crippen molar-refractivity contribution in [2.75, 3.05) is 5.32 Å². The number of Topliss-reactive ketones (excluding diaryl/α,β-unsaturated/α-hetero) is 1. The van der Waals surface area contributed by atoms with Gasteiger partial charge in [-0.3, -0.25) is 9.36 Å². The number of halogens is 1. The maximum Gasteiger partial charge on any atom is 0.209 e. The van der Waals surface area contributed by atoms with Crippen LogP contribution in [0.1, 0.15) is 35.9 Å². The largest absolute Gasteiger partial charge is 0.329 e. The molecule has 0 saturated heterocycles. The third kappa shape index (κ3) is 2.98. The van der Waals surface area contributed by atoms with E-state index in [9.17, 15) is 4.79 Å². The highest BCUT2D eigenvalue weighted by Gasteiger charge is 2.39. The van der Waals surface area contributed by atoms with Crippen molar-refractivity contribution in [2.24, 2.45) is 0 Å². The average Bonchev–Trinajstić information content (AvgIpc) is 3.17. The summed E-state index contributed by atoms with van der Waals surface area (Å²) in [5.41, 5.74) is 5.98. The van der Waals surface area contributed by atoms with Gasteiger partial charge in [0.2, 0.25) is 5.95 Å². The molecule has 0 bridgehead atoms. The van der Waals surface area contributed by atoms with Crippen LogP contribution >= 0.6 is 11.6 Å². The Labute approximate surface area is 185 Å². The van der Waals surface area contributed by atoms with Crippen molar-refractivity contribution in [1.29, 1.82) is 0 Å². The van der Waals surface area contributed by atoms with Crippen LogP contribution in [-0.4, -0.2) is 15.3 Å². The zero-order valence-electron chi connectivity index (χ0n) is 16.8. The first-order valence-corrected chi connectivity index (χ1v) is 10.9. The van der Waals surface area contributed by atoms with Gasteiger partial charge in [-0.05, 0) is 47.7 Å². The van der Waals surface area contributed by atoms with Crippen molar-refractivity contribution < 1.29 is 4.79 Å². The predicted molar refractivity (Wildman–Crippen MR) is 123 cm³/mol. The molecule has 0 radical (unpaired) electrons. The molecule has 31 heavy (non-hydrogen) atoms. The smallest absolute Gasteiger partial charge is 0.209 e. The topological polar surface area (TPSA) is 46.9 Å². The van der Waals surface area contributed by atoms with Gasteiger partial charge in [-0.25, -0.2) is 4.98 Å². The Kier molecular flexibility index (Phi) is 4.22. The molecule has 0 unspecified atom stereocenters. The normalized spacial score (nSPS) is 20.4. The number of benzene rings is 3. The minimum atomic E-state index is -0.222. The van der Waals surface area contributed by atoms with Crippen LogP contribution in [0.2, 0.25) is 5.02 Å². The summed E-state index contributed by atoms with van der Waals surface area (Å²) < 4.78 is 2.15. The second-order valence-corrected chi connectivity index (χ2v) is 8.64. The Balaban J connectivity index is 1.54. The second kappa shape index (κ2) is 7.10. The number of rotatable bonds is 2. The second-order valence-electron chi connectivity index (χ2n) is 8.20. The number of allylic oxidation sites excluding steroid dienone is 2. The van der Waals surface area contributed by atoms with Gasteiger partial charge in [0.15, 0.2) is 5.78 Å². The maximum absolute atomic E-state index is 13.6. The Morgan fingerprint density at radius 2 is 1.61 bits per heavy atom. The van der Waals surface area contributed by atoms with Crippen molar-refractivity contribution in [3.05, 3.63) is 106 Å². The summed E-state index contributed by atoms with van der Waals surface area (Å²) in [7, 11) is 0. The minimum absolute atomic E-state index is 0.168. The molecule has 152 valence electrons. The number of hydrogen-bond donors (Lipinski definition) is 1. The van der Waals surface area contributed by atoms with E-state index in [1.165, 1.54) is 5.56 Å². The zero-order valence-corrected chi connectivity index (χ0v) is 17.5. The molecule has 1 aromatic heterocycles. The van der Waals surface area contributed by atoms with Crippen LogP contribution in [0.25, 0.3) is 11.0 Å². The van der Waals surface area contributed by atoms with E-state index < -0.39 is 0 Å². The fourth-order valence-corrected chi connectivity index (χ4v) is 5.07. The molecule has 2 aliphatic rings. The van der Waals surface area contributed by atoms with Gasteiger partial charge < -0.3 is 5.32 Å². The molecule has 0 amide bonds. The van der Waals surface area contributed by atoms with E-state index in [-0.39, 0.29) is 17.7 Å². The lowest BCUT2D eigenvalue weighted by atomic mass is 9.78. The molecule has 0 saturated carbocycles. The van der Waals surface area contributed by atoms with Gasteiger partial charge in [0.1, 0.15) is 0 Å². The summed E-state index contributed by atoms with van der Waals surface area (Å²) in [6, 6.07) is 25.9. The van der Waals surface area contributed by atoms with Gasteiger partial charge in [-0.15, -0.1) is 0 Å². The number of fused-ring (bicyclic) bond motifs is 3. The number of nitrogens with zero attached hydrogens (tertiary/aromatic N) is 2. The molecule has 1 aliphatic heterocycles. The molecular weight excluding hydrogens is 406 g/mol. The van der Waals surface area contributed by atoms with Crippen LogP contribution in [0, 0.1) is 0 Å². The quantitative estimate of drug-likeness (QED) is 0.421. The SMILES string of the molecule is O=C1C[C@H](c2ccccc2)CC2=C1[C@H](c1ccc(Cl)cc1)n1c(nc3ccccc31)N2. The first-order valence-electron chi connectivity index (χ1n) is 10.5. The van der Waals surface area contributed by atoms with Gasteiger partial charge in [0.25, 0.3) is 0 Å². The lowest BCUT2D eigenvalue weighted by Gasteiger charge is -2.36. The van der Waals surface area contributed by atoms with Gasteiger partial charge in [-0.1, -0.05) is 66.2 Å². The van der Waals surface area contributed by atoms with Gasteiger partial charge >= 0.3 is 0 Å². The monoisotopic (exact) mass is 425 g/mol. The van der Waals surface area contributed by atoms with Crippen LogP contribution in [0.5, 0.6) is 0 Å². The Bertz CT molecular complexity index is 1340. The van der Waals surface area contributed by atoms with Crippen LogP contribution in [-0.2, 0) is 4.79 Å². The number of carbonyl (C=O) groups is 1. The van der Waals surface area contributed by atoms with Crippen molar-refractivity contribution in [3.63, 3.8) is 0 Å². The number of anilines is 1. The number of aromatic nitrogens is 2. The van der Waals surface area contributed by atoms with Gasteiger partial charge in [0.05, 0.1) is 17.1 Å². The highest BCUT2D eigenvalue weighted by molar-refractivity contribution is 6.30. The van der Waals surface area contributed by atoms with E-state index >= 15 is 0 Å². The first kappa shape index (κ1) is 18.4.